The Kier molecular flexibility index (Phi) is 6.75. The van der Waals surface area contributed by atoms with E-state index in [9.17, 15) is 19.5 Å². The SMILES string of the molecule is CC(NC(=O)OC(C)(C)C)C(=O)N1C(Sc2ccccc2)CCC1C(=O)O. The van der Waals surface area contributed by atoms with Gasteiger partial charge in [-0.25, -0.2) is 9.59 Å². The van der Waals surface area contributed by atoms with Crippen molar-refractivity contribution in [3.8, 4) is 0 Å². The van der Waals surface area contributed by atoms with Gasteiger partial charge in [-0.05, 0) is 52.7 Å². The predicted molar refractivity (Wildman–Crippen MR) is 102 cm³/mol. The van der Waals surface area contributed by atoms with Gasteiger partial charge in [0.15, 0.2) is 0 Å². The van der Waals surface area contributed by atoms with Gasteiger partial charge in [-0.2, -0.15) is 0 Å². The number of amides is 2. The highest BCUT2D eigenvalue weighted by Gasteiger charge is 2.43. The van der Waals surface area contributed by atoms with Crippen LogP contribution < -0.4 is 5.32 Å². The van der Waals surface area contributed by atoms with Gasteiger partial charge in [-0.15, -0.1) is 11.8 Å². The third-order valence-corrected chi connectivity index (χ3v) is 5.27. The van der Waals surface area contributed by atoms with Crippen molar-refractivity contribution in [1.82, 2.24) is 10.2 Å². The fourth-order valence-electron chi connectivity index (χ4n) is 2.86. The average Bonchev–Trinajstić information content (AvgIpc) is 2.96. The molecule has 0 spiro atoms. The number of rotatable bonds is 5. The fraction of sp³-hybridized carbons (Fsp3) is 0.526. The van der Waals surface area contributed by atoms with E-state index in [-0.39, 0.29) is 5.37 Å². The molecule has 2 N–H and O–H groups in total. The highest BCUT2D eigenvalue weighted by molar-refractivity contribution is 8.00. The molecule has 1 aromatic rings. The summed E-state index contributed by atoms with van der Waals surface area (Å²) < 4.78 is 5.18. The molecule has 0 saturated carbocycles. The summed E-state index contributed by atoms with van der Waals surface area (Å²) in [5.74, 6) is -1.47. The topological polar surface area (TPSA) is 95.9 Å². The molecular formula is C19H26N2O5S. The van der Waals surface area contributed by atoms with Gasteiger partial charge in [0, 0.05) is 4.90 Å². The molecule has 8 heteroatoms. The molecule has 0 radical (unpaired) electrons. The number of aliphatic carboxylic acids is 1. The lowest BCUT2D eigenvalue weighted by Gasteiger charge is -2.31. The number of nitrogens with zero attached hydrogens (tertiary/aromatic N) is 1. The number of carbonyl (C=O) groups is 3. The number of ether oxygens (including phenoxy) is 1. The molecular weight excluding hydrogens is 368 g/mol. The van der Waals surface area contributed by atoms with Crippen molar-refractivity contribution in [3.63, 3.8) is 0 Å². The van der Waals surface area contributed by atoms with Gasteiger partial charge in [-0.1, -0.05) is 18.2 Å². The van der Waals surface area contributed by atoms with Crippen LogP contribution in [0, 0.1) is 0 Å². The number of carboxylic acid groups (broad SMARTS) is 1. The zero-order valence-electron chi connectivity index (χ0n) is 16.0. The lowest BCUT2D eigenvalue weighted by Crippen LogP contribution is -2.53. The van der Waals surface area contributed by atoms with E-state index in [0.717, 1.165) is 4.90 Å². The molecule has 7 nitrogen and oxygen atoms in total. The van der Waals surface area contributed by atoms with Crippen LogP contribution >= 0.6 is 11.8 Å². The highest BCUT2D eigenvalue weighted by atomic mass is 32.2. The lowest BCUT2D eigenvalue weighted by molar-refractivity contribution is -0.149. The number of alkyl carbamates (subject to hydrolysis) is 1. The van der Waals surface area contributed by atoms with Crippen molar-refractivity contribution < 1.29 is 24.2 Å². The molecule has 0 bridgehead atoms. The van der Waals surface area contributed by atoms with Crippen LogP contribution in [0.4, 0.5) is 4.79 Å². The molecule has 3 atom stereocenters. The smallest absolute Gasteiger partial charge is 0.408 e. The summed E-state index contributed by atoms with van der Waals surface area (Å²) in [4.78, 5) is 38.9. The van der Waals surface area contributed by atoms with E-state index in [0.29, 0.717) is 12.8 Å². The molecule has 0 aromatic heterocycles. The normalized spacial score (nSPS) is 20.8. The Morgan fingerprint density at radius 3 is 2.41 bits per heavy atom. The highest BCUT2D eigenvalue weighted by Crippen LogP contribution is 2.36. The number of hydrogen-bond donors (Lipinski definition) is 2. The van der Waals surface area contributed by atoms with Crippen LogP contribution in [0.15, 0.2) is 35.2 Å². The van der Waals surface area contributed by atoms with Gasteiger partial charge >= 0.3 is 12.1 Å². The fourth-order valence-corrected chi connectivity index (χ4v) is 4.11. The van der Waals surface area contributed by atoms with Crippen LogP contribution in [0.3, 0.4) is 0 Å². The van der Waals surface area contributed by atoms with Gasteiger partial charge in [-0.3, -0.25) is 4.79 Å². The second kappa shape index (κ2) is 8.65. The van der Waals surface area contributed by atoms with Crippen molar-refractivity contribution in [3.05, 3.63) is 30.3 Å². The second-order valence-electron chi connectivity index (χ2n) is 7.43. The van der Waals surface area contributed by atoms with E-state index in [1.54, 1.807) is 20.8 Å². The predicted octanol–water partition coefficient (Wildman–Crippen LogP) is 3.09. The number of benzene rings is 1. The van der Waals surface area contributed by atoms with Crippen LogP contribution in [0.5, 0.6) is 0 Å². The summed E-state index contributed by atoms with van der Waals surface area (Å²) >= 11 is 1.45. The van der Waals surface area contributed by atoms with Crippen LogP contribution in [0.1, 0.15) is 40.5 Å². The molecule has 3 unspecified atom stereocenters. The van der Waals surface area contributed by atoms with Crippen LogP contribution in [0.25, 0.3) is 0 Å². The van der Waals surface area contributed by atoms with Crippen molar-refractivity contribution >= 4 is 29.7 Å². The van der Waals surface area contributed by atoms with Crippen molar-refractivity contribution in [2.24, 2.45) is 0 Å². The summed E-state index contributed by atoms with van der Waals surface area (Å²) in [6, 6.07) is 7.73. The number of nitrogens with one attached hydrogen (secondary N) is 1. The van der Waals surface area contributed by atoms with Crippen LogP contribution in [-0.4, -0.2) is 51.0 Å². The van der Waals surface area contributed by atoms with E-state index < -0.39 is 35.7 Å². The summed E-state index contributed by atoms with van der Waals surface area (Å²) in [6.07, 6.45) is 0.244. The van der Waals surface area contributed by atoms with Crippen molar-refractivity contribution in [2.75, 3.05) is 0 Å². The van der Waals surface area contributed by atoms with E-state index >= 15 is 0 Å². The number of carboxylic acids is 1. The Labute approximate surface area is 163 Å². The first-order chi connectivity index (χ1) is 12.6. The zero-order valence-corrected chi connectivity index (χ0v) is 16.8. The maximum Gasteiger partial charge on any atom is 0.408 e. The Hall–Kier alpha value is -2.22. The quantitative estimate of drug-likeness (QED) is 0.797. The number of likely N-dealkylation sites (tertiary alicyclic amines) is 1. The first-order valence-electron chi connectivity index (χ1n) is 8.84. The Balaban J connectivity index is 2.12. The van der Waals surface area contributed by atoms with Gasteiger partial charge in [0.25, 0.3) is 0 Å². The van der Waals surface area contributed by atoms with Crippen LogP contribution in [-0.2, 0) is 14.3 Å². The largest absolute Gasteiger partial charge is 0.480 e. The molecule has 2 amide bonds. The Morgan fingerprint density at radius 1 is 1.22 bits per heavy atom. The number of thioether (sulfide) groups is 1. The van der Waals surface area contributed by atoms with Crippen molar-refractivity contribution in [1.29, 1.82) is 0 Å². The third kappa shape index (κ3) is 5.89. The van der Waals surface area contributed by atoms with Crippen molar-refractivity contribution in [2.45, 2.75) is 68.5 Å². The monoisotopic (exact) mass is 394 g/mol. The summed E-state index contributed by atoms with van der Waals surface area (Å²) in [6.45, 7) is 6.72. The Bertz CT molecular complexity index is 689. The molecule has 1 aromatic carbocycles. The van der Waals surface area contributed by atoms with Gasteiger partial charge in [0.05, 0.1) is 5.37 Å². The van der Waals surface area contributed by atoms with Crippen LogP contribution in [0.2, 0.25) is 0 Å². The first kappa shape index (κ1) is 21.1. The lowest BCUT2D eigenvalue weighted by atomic mass is 10.2. The molecule has 0 aliphatic carbocycles. The standard InChI is InChI=1S/C19H26N2O5S/c1-12(20-18(25)26-19(2,3)4)16(22)21-14(17(23)24)10-11-15(21)27-13-8-6-5-7-9-13/h5-9,12,14-15H,10-11H2,1-4H3,(H,20,25)(H,23,24). The Morgan fingerprint density at radius 2 is 1.85 bits per heavy atom. The summed E-state index contributed by atoms with van der Waals surface area (Å²) in [5, 5.41) is 11.7. The maximum absolute atomic E-state index is 12.9. The van der Waals surface area contributed by atoms with E-state index in [1.807, 2.05) is 30.3 Å². The number of hydrogen-bond acceptors (Lipinski definition) is 5. The van der Waals surface area contributed by atoms with Gasteiger partial charge in [0.2, 0.25) is 5.91 Å². The molecule has 1 fully saturated rings. The maximum atomic E-state index is 12.9. The average molecular weight is 394 g/mol. The molecule has 1 heterocycles. The van der Waals surface area contributed by atoms with E-state index in [1.165, 1.54) is 23.6 Å². The minimum atomic E-state index is -1.04. The number of carbonyl (C=O) groups excluding carboxylic acids is 2. The summed E-state index contributed by atoms with van der Waals surface area (Å²) in [7, 11) is 0. The molecule has 1 aliphatic rings. The summed E-state index contributed by atoms with van der Waals surface area (Å²) in [5.41, 5.74) is -0.685. The second-order valence-corrected chi connectivity index (χ2v) is 8.68. The van der Waals surface area contributed by atoms with E-state index in [4.69, 9.17) is 4.74 Å². The third-order valence-electron chi connectivity index (χ3n) is 3.99. The van der Waals surface area contributed by atoms with Gasteiger partial charge in [0.1, 0.15) is 17.7 Å². The molecule has 148 valence electrons. The first-order valence-corrected chi connectivity index (χ1v) is 9.72. The minimum Gasteiger partial charge on any atom is -0.480 e. The van der Waals surface area contributed by atoms with Gasteiger partial charge < -0.3 is 20.1 Å². The zero-order chi connectivity index (χ0) is 20.2. The molecule has 27 heavy (non-hydrogen) atoms. The minimum absolute atomic E-state index is 0.302. The van der Waals surface area contributed by atoms with E-state index in [2.05, 4.69) is 5.32 Å². The molecule has 1 aliphatic heterocycles. The molecule has 2 rings (SSSR count). The molecule has 1 saturated heterocycles.